The second kappa shape index (κ2) is 10.6. The average Bonchev–Trinajstić information content (AvgIpc) is 2.68. The Hall–Kier alpha value is -1.86. The topological polar surface area (TPSA) is 120 Å². The molecule has 33 heavy (non-hydrogen) atoms. The minimum absolute atomic E-state index is 0.0260. The molecule has 0 fully saturated rings. The Morgan fingerprint density at radius 3 is 1.97 bits per heavy atom. The molecule has 0 heterocycles. The quantitative estimate of drug-likeness (QED) is 0.108. The maximum Gasteiger partial charge on any atom is 0.408 e. The molecular formula is C14H18F8N2O7S2. The molecule has 1 amide bonds. The van der Waals surface area contributed by atoms with Crippen LogP contribution in [0.1, 0.15) is 13.8 Å². The van der Waals surface area contributed by atoms with Crippen molar-refractivity contribution in [3.05, 3.63) is 12.7 Å². The minimum Gasteiger partial charge on any atom is -0.461 e. The van der Waals surface area contributed by atoms with Crippen LogP contribution in [0.5, 0.6) is 0 Å². The van der Waals surface area contributed by atoms with Gasteiger partial charge in [-0.05, 0) is 13.8 Å². The summed E-state index contributed by atoms with van der Waals surface area (Å²) in [6.07, 6.45) is -1.15. The van der Waals surface area contributed by atoms with Crippen molar-refractivity contribution in [1.29, 1.82) is 0 Å². The third kappa shape index (κ3) is 7.06. The van der Waals surface area contributed by atoms with Crippen molar-refractivity contribution in [3.63, 3.8) is 0 Å². The maximum atomic E-state index is 14.3. The number of amides is 1. The van der Waals surface area contributed by atoms with Crippen molar-refractivity contribution in [1.82, 2.24) is 9.44 Å². The number of halogens is 8. The molecule has 9 nitrogen and oxygen atoms in total. The molecule has 0 aromatic heterocycles. The van der Waals surface area contributed by atoms with Crippen LogP contribution < -0.4 is 9.44 Å². The highest BCUT2D eigenvalue weighted by Gasteiger charge is 2.84. The summed E-state index contributed by atoms with van der Waals surface area (Å²) < 4.78 is 146. The van der Waals surface area contributed by atoms with Gasteiger partial charge in [0.15, 0.2) is 5.60 Å². The zero-order chi connectivity index (χ0) is 26.5. The number of thiol groups is 1. The van der Waals surface area contributed by atoms with Crippen molar-refractivity contribution >= 4 is 35.2 Å². The number of alkyl halides is 8. The molecule has 0 aromatic carbocycles. The fraction of sp³-hybridized carbons (Fsp3) is 0.714. The van der Waals surface area contributed by atoms with E-state index in [-0.39, 0.29) is 13.8 Å². The molecule has 194 valence electrons. The molecule has 0 radical (unpaired) electrons. The highest BCUT2D eigenvalue weighted by Crippen LogP contribution is 2.56. The predicted octanol–water partition coefficient (Wildman–Crippen LogP) is 2.46. The van der Waals surface area contributed by atoms with Gasteiger partial charge in [0.2, 0.25) is 0 Å². The van der Waals surface area contributed by atoms with Gasteiger partial charge in [-0.1, -0.05) is 19.4 Å². The van der Waals surface area contributed by atoms with Crippen LogP contribution in [0.15, 0.2) is 12.7 Å². The first-order valence-electron chi connectivity index (χ1n) is 8.19. The van der Waals surface area contributed by atoms with Crippen molar-refractivity contribution in [2.45, 2.75) is 43.1 Å². The molecule has 0 spiro atoms. The fourth-order valence-corrected chi connectivity index (χ4v) is 2.28. The second-order valence-corrected chi connectivity index (χ2v) is 8.31. The monoisotopic (exact) mass is 542 g/mol. The van der Waals surface area contributed by atoms with Gasteiger partial charge in [-0.3, -0.25) is 4.18 Å². The number of esters is 1. The Morgan fingerprint density at radius 1 is 1.00 bits per heavy atom. The Morgan fingerprint density at radius 2 is 1.52 bits per heavy atom. The van der Waals surface area contributed by atoms with Crippen molar-refractivity contribution in [3.8, 4) is 0 Å². The molecule has 0 atom stereocenters. The van der Waals surface area contributed by atoms with Crippen LogP contribution in [0.4, 0.5) is 39.9 Å². The third-order valence-electron chi connectivity index (χ3n) is 3.64. The number of ether oxygens (including phenoxy) is 2. The second-order valence-electron chi connectivity index (χ2n) is 6.43. The lowest BCUT2D eigenvalue weighted by atomic mass is 9.88. The van der Waals surface area contributed by atoms with Crippen LogP contribution >= 0.6 is 12.8 Å². The lowest BCUT2D eigenvalue weighted by Gasteiger charge is -2.42. The largest absolute Gasteiger partial charge is 0.461 e. The van der Waals surface area contributed by atoms with Crippen LogP contribution in [0.3, 0.4) is 0 Å². The Balaban J connectivity index is 5.59. The summed E-state index contributed by atoms with van der Waals surface area (Å²) >= 11 is 2.87. The number of hydrogen-bond acceptors (Lipinski definition) is 8. The number of nitrogens with one attached hydrogen (secondary N) is 2. The molecule has 2 N–H and O–H groups in total. The number of carbonyl (C=O) groups is 2. The van der Waals surface area contributed by atoms with Crippen molar-refractivity contribution in [2.24, 2.45) is 0 Å². The lowest BCUT2D eigenvalue weighted by Crippen LogP contribution is -2.69. The van der Waals surface area contributed by atoms with E-state index in [1.165, 1.54) is 0 Å². The normalized spacial score (nSPS) is 13.9. The summed E-state index contributed by atoms with van der Waals surface area (Å²) in [4.78, 5) is 22.3. The van der Waals surface area contributed by atoms with E-state index < -0.39 is 71.4 Å². The molecule has 0 unspecified atom stereocenters. The standard InChI is InChI=1S/C14H18F8N2O7S2/c1-4-8(25)29-6-5-23-9(26)31-10(2,3)12(17,18)14(21,22)13(19,20)11(15,16)7-30-33(27,28)24-32/h4,24,32H,1,5-7H2,2-3H3,(H,23,26). The highest BCUT2D eigenvalue weighted by molar-refractivity contribution is 7.97. The van der Waals surface area contributed by atoms with Gasteiger partial charge in [-0.2, -0.15) is 43.5 Å². The first-order chi connectivity index (χ1) is 14.6. The first kappa shape index (κ1) is 31.1. The highest BCUT2D eigenvalue weighted by atomic mass is 32.3. The van der Waals surface area contributed by atoms with Gasteiger partial charge in [0, 0.05) is 6.08 Å². The SMILES string of the molecule is C=CC(=O)OCCNC(=O)OC(C)(C)C(F)(F)C(F)(F)C(F)(F)C(F)(F)COS(=O)(=O)NS. The molecule has 19 heteroatoms. The molecule has 0 saturated heterocycles. The van der Waals surface area contributed by atoms with Gasteiger partial charge in [0.1, 0.15) is 13.2 Å². The molecule has 0 saturated carbocycles. The molecule has 0 aliphatic carbocycles. The van der Waals surface area contributed by atoms with Gasteiger partial charge in [0.05, 0.1) is 6.54 Å². The van der Waals surface area contributed by atoms with E-state index in [0.29, 0.717) is 0 Å². The molecule has 0 aromatic rings. The van der Waals surface area contributed by atoms with E-state index in [9.17, 15) is 53.1 Å². The smallest absolute Gasteiger partial charge is 0.408 e. The van der Waals surface area contributed by atoms with Gasteiger partial charge >= 0.3 is 46.1 Å². The summed E-state index contributed by atoms with van der Waals surface area (Å²) in [5, 5.41) is 1.67. The van der Waals surface area contributed by atoms with E-state index in [0.717, 1.165) is 10.2 Å². The Kier molecular flexibility index (Phi) is 10.0. The predicted molar refractivity (Wildman–Crippen MR) is 96.5 cm³/mol. The minimum atomic E-state index is -6.91. The molecule has 0 aliphatic heterocycles. The number of rotatable bonds is 13. The van der Waals surface area contributed by atoms with Crippen LogP contribution in [-0.2, 0) is 28.8 Å². The molecule has 0 rings (SSSR count). The summed E-state index contributed by atoms with van der Waals surface area (Å²) in [6.45, 7) is -1.03. The molecule has 0 aliphatic rings. The maximum absolute atomic E-state index is 14.3. The van der Waals surface area contributed by atoms with E-state index in [4.69, 9.17) is 0 Å². The van der Waals surface area contributed by atoms with Gasteiger partial charge < -0.3 is 14.8 Å². The fourth-order valence-electron chi connectivity index (χ4n) is 1.77. The van der Waals surface area contributed by atoms with Gasteiger partial charge in [0.25, 0.3) is 0 Å². The van der Waals surface area contributed by atoms with Crippen molar-refractivity contribution < 1.29 is 66.8 Å². The summed E-state index contributed by atoms with van der Waals surface area (Å²) in [5.41, 5.74) is -3.82. The lowest BCUT2D eigenvalue weighted by molar-refractivity contribution is -0.391. The average molecular weight is 542 g/mol. The Bertz CT molecular complexity index is 837. The van der Waals surface area contributed by atoms with E-state index in [2.05, 4.69) is 33.1 Å². The summed E-state index contributed by atoms with van der Waals surface area (Å²) in [6, 6.07) is 0. The van der Waals surface area contributed by atoms with Gasteiger partial charge in [-0.15, -0.1) is 4.13 Å². The van der Waals surface area contributed by atoms with Crippen LogP contribution in [0, 0.1) is 0 Å². The zero-order valence-electron chi connectivity index (χ0n) is 16.6. The zero-order valence-corrected chi connectivity index (χ0v) is 18.4. The van der Waals surface area contributed by atoms with Gasteiger partial charge in [-0.25, -0.2) is 9.59 Å². The van der Waals surface area contributed by atoms with E-state index in [1.54, 1.807) is 5.32 Å². The molecule has 0 bridgehead atoms. The molecular weight excluding hydrogens is 524 g/mol. The number of carbonyl (C=O) groups excluding carboxylic acids is 2. The van der Waals surface area contributed by atoms with Crippen LogP contribution in [0.25, 0.3) is 0 Å². The first-order valence-corrected chi connectivity index (χ1v) is 10.0. The number of hydrogen-bond donors (Lipinski definition) is 3. The van der Waals surface area contributed by atoms with E-state index >= 15 is 0 Å². The van der Waals surface area contributed by atoms with Crippen LogP contribution in [0.2, 0.25) is 0 Å². The van der Waals surface area contributed by atoms with Crippen LogP contribution in [-0.4, -0.2) is 69.5 Å². The van der Waals surface area contributed by atoms with E-state index in [1.807, 2.05) is 0 Å². The Labute approximate surface area is 187 Å². The summed E-state index contributed by atoms with van der Waals surface area (Å²) in [7, 11) is -5.20. The summed E-state index contributed by atoms with van der Waals surface area (Å²) in [5.74, 6) is -27.1. The third-order valence-corrected chi connectivity index (χ3v) is 4.96. The van der Waals surface area contributed by atoms with Crippen molar-refractivity contribution in [2.75, 3.05) is 19.8 Å². The number of alkyl carbamates (subject to hydrolysis) is 1.